The van der Waals surface area contributed by atoms with Crippen LogP contribution in [0, 0.1) is 6.92 Å². The van der Waals surface area contributed by atoms with Gasteiger partial charge in [0.25, 0.3) is 11.7 Å². The Bertz CT molecular complexity index is 1290. The Hall–Kier alpha value is -3.42. The van der Waals surface area contributed by atoms with Crippen LogP contribution in [0.4, 0.5) is 0 Å². The maximum absolute atomic E-state index is 13.2. The van der Waals surface area contributed by atoms with Crippen LogP contribution in [0.5, 0.6) is 5.75 Å². The van der Waals surface area contributed by atoms with Gasteiger partial charge in [0.2, 0.25) is 0 Å². The number of hydrogen-bond acceptors (Lipinski definition) is 5. The summed E-state index contributed by atoms with van der Waals surface area (Å²) in [5.41, 5.74) is 3.08. The molecule has 3 aromatic carbocycles. The molecule has 0 radical (unpaired) electrons. The van der Waals surface area contributed by atoms with Crippen molar-refractivity contribution in [1.29, 1.82) is 0 Å². The molecular weight excluding hydrogens is 522 g/mol. The molecule has 4 rings (SSSR count). The van der Waals surface area contributed by atoms with Gasteiger partial charge < -0.3 is 19.5 Å². The third kappa shape index (κ3) is 5.53. The second-order valence-electron chi connectivity index (χ2n) is 8.64. The number of ketones is 1. The van der Waals surface area contributed by atoms with Crippen LogP contribution in [-0.2, 0) is 20.9 Å². The molecule has 1 fully saturated rings. The normalized spacial score (nSPS) is 17.0. The number of ether oxygens (including phenoxy) is 2. The summed E-state index contributed by atoms with van der Waals surface area (Å²) >= 11 is 3.48. The van der Waals surface area contributed by atoms with Gasteiger partial charge in [0.15, 0.2) is 0 Å². The van der Waals surface area contributed by atoms with Gasteiger partial charge in [-0.25, -0.2) is 0 Å². The van der Waals surface area contributed by atoms with Crippen molar-refractivity contribution >= 4 is 33.4 Å². The van der Waals surface area contributed by atoms with Crippen molar-refractivity contribution in [3.05, 3.63) is 105 Å². The van der Waals surface area contributed by atoms with Gasteiger partial charge in [-0.05, 0) is 60.4 Å². The van der Waals surface area contributed by atoms with E-state index in [0.717, 1.165) is 21.2 Å². The number of aliphatic hydroxyl groups excluding tert-OH is 1. The first-order chi connectivity index (χ1) is 17.4. The summed E-state index contributed by atoms with van der Waals surface area (Å²) in [6.07, 6.45) is 0.570. The number of aliphatic hydroxyl groups is 1. The minimum absolute atomic E-state index is 0.0802. The summed E-state index contributed by atoms with van der Waals surface area (Å²) in [5.74, 6) is -0.868. The predicted molar refractivity (Wildman–Crippen MR) is 142 cm³/mol. The lowest BCUT2D eigenvalue weighted by Gasteiger charge is -2.25. The second-order valence-corrected chi connectivity index (χ2v) is 9.56. The molecule has 1 aliphatic heterocycles. The van der Waals surface area contributed by atoms with E-state index in [2.05, 4.69) is 15.9 Å². The molecule has 0 unspecified atom stereocenters. The van der Waals surface area contributed by atoms with Gasteiger partial charge in [0, 0.05) is 30.3 Å². The van der Waals surface area contributed by atoms with E-state index in [1.807, 2.05) is 67.6 Å². The summed E-state index contributed by atoms with van der Waals surface area (Å²) in [5, 5.41) is 11.4. The van der Waals surface area contributed by atoms with E-state index in [1.54, 1.807) is 19.2 Å². The summed E-state index contributed by atoms with van der Waals surface area (Å²) in [6.45, 7) is 3.05. The molecule has 7 heteroatoms. The zero-order valence-electron chi connectivity index (χ0n) is 20.2. The van der Waals surface area contributed by atoms with Crippen molar-refractivity contribution < 1.29 is 24.2 Å². The predicted octanol–water partition coefficient (Wildman–Crippen LogP) is 5.79. The second kappa shape index (κ2) is 11.5. The number of carbonyl (C=O) groups is 2. The molecule has 1 saturated heterocycles. The molecule has 0 saturated carbocycles. The molecule has 3 aromatic rings. The first-order valence-electron chi connectivity index (χ1n) is 11.7. The molecule has 0 aliphatic carbocycles. The lowest BCUT2D eigenvalue weighted by atomic mass is 9.94. The van der Waals surface area contributed by atoms with Crippen LogP contribution in [-0.4, -0.2) is 42.0 Å². The topological polar surface area (TPSA) is 76.1 Å². The SMILES string of the molecule is COCCCN1C(=O)C(=O)/C(=C(/O)c2ccc(OCc3ccccc3)cc2C)[C@H]1c1cccc(Br)c1. The third-order valence-electron chi connectivity index (χ3n) is 6.15. The van der Waals surface area contributed by atoms with Crippen molar-refractivity contribution in [3.8, 4) is 5.75 Å². The number of amides is 1. The lowest BCUT2D eigenvalue weighted by molar-refractivity contribution is -0.140. The fraction of sp³-hybridized carbons (Fsp3) is 0.241. The molecule has 186 valence electrons. The number of hydrogen-bond donors (Lipinski definition) is 1. The molecule has 1 N–H and O–H groups in total. The molecule has 6 nitrogen and oxygen atoms in total. The van der Waals surface area contributed by atoms with Gasteiger partial charge >= 0.3 is 0 Å². The van der Waals surface area contributed by atoms with Crippen LogP contribution in [0.2, 0.25) is 0 Å². The quantitative estimate of drug-likeness (QED) is 0.158. The summed E-state index contributed by atoms with van der Waals surface area (Å²) in [7, 11) is 1.59. The van der Waals surface area contributed by atoms with E-state index < -0.39 is 17.7 Å². The summed E-state index contributed by atoms with van der Waals surface area (Å²) in [6, 6.07) is 21.9. The standard InChI is InChI=1S/C29H28BrNO5/c1-19-16-23(36-18-20-8-4-3-5-9-20)12-13-24(19)27(32)25-26(21-10-6-11-22(30)17-21)31(14-7-15-35-2)29(34)28(25)33/h3-6,8-13,16-17,26,32H,7,14-15,18H2,1-2H3/b27-25+/t26-/m1/s1. The number of aryl methyl sites for hydroxylation is 1. The van der Waals surface area contributed by atoms with Crippen molar-refractivity contribution in [2.75, 3.05) is 20.3 Å². The van der Waals surface area contributed by atoms with Crippen LogP contribution >= 0.6 is 15.9 Å². The maximum Gasteiger partial charge on any atom is 0.295 e. The third-order valence-corrected chi connectivity index (χ3v) is 6.65. The van der Waals surface area contributed by atoms with Crippen LogP contribution < -0.4 is 4.74 Å². The lowest BCUT2D eigenvalue weighted by Crippen LogP contribution is -2.31. The molecule has 1 atom stereocenters. The molecular formula is C29H28BrNO5. The first kappa shape index (κ1) is 25.7. The van der Waals surface area contributed by atoms with Gasteiger partial charge in [-0.2, -0.15) is 0 Å². The number of benzene rings is 3. The molecule has 1 amide bonds. The average Bonchev–Trinajstić information content (AvgIpc) is 3.13. The van der Waals surface area contributed by atoms with Gasteiger partial charge in [-0.1, -0.05) is 58.4 Å². The average molecular weight is 550 g/mol. The Balaban J connectivity index is 1.69. The Morgan fingerprint density at radius 2 is 1.81 bits per heavy atom. The highest BCUT2D eigenvalue weighted by Crippen LogP contribution is 2.40. The van der Waals surface area contributed by atoms with Crippen LogP contribution in [0.25, 0.3) is 5.76 Å². The van der Waals surface area contributed by atoms with Crippen LogP contribution in [0.15, 0.2) is 82.8 Å². The van der Waals surface area contributed by atoms with E-state index in [-0.39, 0.29) is 11.3 Å². The van der Waals surface area contributed by atoms with E-state index in [1.165, 1.54) is 4.90 Å². The maximum atomic E-state index is 13.2. The van der Waals surface area contributed by atoms with E-state index in [0.29, 0.717) is 37.5 Å². The van der Waals surface area contributed by atoms with Crippen molar-refractivity contribution in [1.82, 2.24) is 4.90 Å². The summed E-state index contributed by atoms with van der Waals surface area (Å²) in [4.78, 5) is 27.7. The Labute approximate surface area is 219 Å². The van der Waals surface area contributed by atoms with Crippen LogP contribution in [0.1, 0.15) is 34.7 Å². The summed E-state index contributed by atoms with van der Waals surface area (Å²) < 4.78 is 11.9. The smallest absolute Gasteiger partial charge is 0.295 e. The highest BCUT2D eigenvalue weighted by molar-refractivity contribution is 9.10. The number of methoxy groups -OCH3 is 1. The van der Waals surface area contributed by atoms with E-state index >= 15 is 0 Å². The number of Topliss-reactive ketones (excluding diaryl/α,β-unsaturated/α-hetero) is 1. The minimum Gasteiger partial charge on any atom is -0.507 e. The van der Waals surface area contributed by atoms with E-state index in [4.69, 9.17) is 9.47 Å². The Kier molecular flexibility index (Phi) is 8.23. The number of rotatable bonds is 9. The van der Waals surface area contributed by atoms with E-state index in [9.17, 15) is 14.7 Å². The highest BCUT2D eigenvalue weighted by atomic mass is 79.9. The zero-order chi connectivity index (χ0) is 25.7. The largest absolute Gasteiger partial charge is 0.507 e. The molecule has 1 heterocycles. The molecule has 0 spiro atoms. The van der Waals surface area contributed by atoms with Crippen molar-refractivity contribution in [2.45, 2.75) is 26.0 Å². The van der Waals surface area contributed by atoms with Gasteiger partial charge in [0.1, 0.15) is 18.1 Å². The van der Waals surface area contributed by atoms with Gasteiger partial charge in [0.05, 0.1) is 11.6 Å². The Morgan fingerprint density at radius 3 is 2.50 bits per heavy atom. The number of halogens is 1. The van der Waals surface area contributed by atoms with Crippen molar-refractivity contribution in [3.63, 3.8) is 0 Å². The fourth-order valence-electron chi connectivity index (χ4n) is 4.39. The molecule has 1 aliphatic rings. The molecule has 36 heavy (non-hydrogen) atoms. The van der Waals surface area contributed by atoms with Crippen LogP contribution in [0.3, 0.4) is 0 Å². The Morgan fingerprint density at radius 1 is 1.03 bits per heavy atom. The molecule has 0 bridgehead atoms. The number of carbonyl (C=O) groups excluding carboxylic acids is 2. The minimum atomic E-state index is -0.701. The monoisotopic (exact) mass is 549 g/mol. The van der Waals surface area contributed by atoms with Crippen molar-refractivity contribution in [2.24, 2.45) is 0 Å². The van der Waals surface area contributed by atoms with Gasteiger partial charge in [-0.15, -0.1) is 0 Å². The number of nitrogens with zero attached hydrogens (tertiary/aromatic N) is 1. The first-order valence-corrected chi connectivity index (χ1v) is 12.5. The fourth-order valence-corrected chi connectivity index (χ4v) is 4.81. The van der Waals surface area contributed by atoms with Gasteiger partial charge in [-0.3, -0.25) is 9.59 Å². The number of likely N-dealkylation sites (tertiary alicyclic amines) is 1. The highest BCUT2D eigenvalue weighted by Gasteiger charge is 2.45. The molecule has 0 aromatic heterocycles. The zero-order valence-corrected chi connectivity index (χ0v) is 21.8.